The number of carbonyl (C=O) groups is 2. The number of amides is 2. The average molecular weight is 429 g/mol. The predicted octanol–water partition coefficient (Wildman–Crippen LogP) is 5.13. The molecule has 1 N–H and O–H groups in total. The molecule has 1 fully saturated rings. The van der Waals surface area contributed by atoms with Crippen molar-refractivity contribution < 1.29 is 22.8 Å². The number of rotatable bonds is 7. The second-order valence-electron chi connectivity index (χ2n) is 7.76. The molecule has 29 heavy (non-hydrogen) atoms. The van der Waals surface area contributed by atoms with Gasteiger partial charge in [0.25, 0.3) is 0 Å². The van der Waals surface area contributed by atoms with Gasteiger partial charge in [-0.1, -0.05) is 30.6 Å². The van der Waals surface area contributed by atoms with E-state index in [2.05, 4.69) is 11.4 Å². The van der Waals surface area contributed by atoms with Crippen molar-refractivity contribution in [3.8, 4) is 0 Å². The second-order valence-corrected chi connectivity index (χ2v) is 8.74. The van der Waals surface area contributed by atoms with Crippen LogP contribution in [0.25, 0.3) is 0 Å². The van der Waals surface area contributed by atoms with Gasteiger partial charge < -0.3 is 10.2 Å². The molecule has 1 saturated carbocycles. The summed E-state index contributed by atoms with van der Waals surface area (Å²) in [5, 5.41) is 4.60. The van der Waals surface area contributed by atoms with Crippen LogP contribution in [0, 0.1) is 0 Å². The SMILES string of the molecule is O=C(NC1CCCC1)[C@@H](c1cccs1)N(CCC1=CCCCC1)C(=O)C(F)(F)F. The average Bonchev–Trinajstić information content (AvgIpc) is 3.38. The Bertz CT molecular complexity index is 725. The lowest BCUT2D eigenvalue weighted by molar-refractivity contribution is -0.188. The first-order chi connectivity index (χ1) is 13.9. The summed E-state index contributed by atoms with van der Waals surface area (Å²) < 4.78 is 40.2. The summed E-state index contributed by atoms with van der Waals surface area (Å²) in [7, 11) is 0. The van der Waals surface area contributed by atoms with Gasteiger partial charge in [0, 0.05) is 17.5 Å². The highest BCUT2D eigenvalue weighted by molar-refractivity contribution is 7.10. The van der Waals surface area contributed by atoms with Gasteiger partial charge in [-0.2, -0.15) is 13.2 Å². The summed E-state index contributed by atoms with van der Waals surface area (Å²) in [5.41, 5.74) is 1.07. The zero-order valence-electron chi connectivity index (χ0n) is 16.3. The van der Waals surface area contributed by atoms with E-state index in [1.165, 1.54) is 11.3 Å². The van der Waals surface area contributed by atoms with Crippen LogP contribution in [-0.4, -0.2) is 35.5 Å². The van der Waals surface area contributed by atoms with Gasteiger partial charge >= 0.3 is 12.1 Å². The Kier molecular flexibility index (Phi) is 7.38. The van der Waals surface area contributed by atoms with Crippen LogP contribution in [0.4, 0.5) is 13.2 Å². The first-order valence-electron chi connectivity index (χ1n) is 10.3. The smallest absolute Gasteiger partial charge is 0.351 e. The van der Waals surface area contributed by atoms with Crippen LogP contribution in [0.2, 0.25) is 0 Å². The van der Waals surface area contributed by atoms with Crippen LogP contribution in [-0.2, 0) is 9.59 Å². The highest BCUT2D eigenvalue weighted by atomic mass is 32.1. The van der Waals surface area contributed by atoms with Gasteiger partial charge in [-0.15, -0.1) is 11.3 Å². The van der Waals surface area contributed by atoms with E-state index in [0.29, 0.717) is 11.3 Å². The minimum atomic E-state index is -5.02. The summed E-state index contributed by atoms with van der Waals surface area (Å²) >= 11 is 1.20. The number of halogens is 3. The molecule has 2 aliphatic rings. The number of hydrogen-bond donors (Lipinski definition) is 1. The molecule has 8 heteroatoms. The van der Waals surface area contributed by atoms with E-state index in [1.807, 2.05) is 0 Å². The summed E-state index contributed by atoms with van der Waals surface area (Å²) in [6.07, 6.45) is 4.87. The molecule has 0 spiro atoms. The summed E-state index contributed by atoms with van der Waals surface area (Å²) in [5.74, 6) is -2.47. The molecule has 0 saturated heterocycles. The molecule has 1 aromatic rings. The van der Waals surface area contributed by atoms with Gasteiger partial charge in [0.1, 0.15) is 6.04 Å². The quantitative estimate of drug-likeness (QED) is 0.612. The van der Waals surface area contributed by atoms with Crippen molar-refractivity contribution in [2.45, 2.75) is 76.0 Å². The number of nitrogens with one attached hydrogen (secondary N) is 1. The Morgan fingerprint density at radius 2 is 1.97 bits per heavy atom. The highest BCUT2D eigenvalue weighted by Gasteiger charge is 2.47. The van der Waals surface area contributed by atoms with Gasteiger partial charge in [0.2, 0.25) is 5.91 Å². The fraction of sp³-hybridized carbons (Fsp3) is 0.619. The van der Waals surface area contributed by atoms with E-state index in [4.69, 9.17) is 0 Å². The molecular formula is C21H27F3N2O2S. The Hall–Kier alpha value is -1.83. The van der Waals surface area contributed by atoms with E-state index in [1.54, 1.807) is 17.5 Å². The molecule has 0 aliphatic heterocycles. The van der Waals surface area contributed by atoms with E-state index in [9.17, 15) is 22.8 Å². The maximum absolute atomic E-state index is 13.4. The van der Waals surface area contributed by atoms with Crippen molar-refractivity contribution in [3.63, 3.8) is 0 Å². The molecule has 2 amide bonds. The van der Waals surface area contributed by atoms with Crippen LogP contribution in [0.3, 0.4) is 0 Å². The standard InChI is InChI=1S/C21H27F3N2O2S/c22-21(23,24)20(28)26(13-12-15-7-2-1-3-8-15)18(17-11-6-14-29-17)19(27)25-16-9-4-5-10-16/h6-7,11,14,16,18H,1-5,8-10,12-13H2,(H,25,27)/t18-/m1/s1. The van der Waals surface area contributed by atoms with Crippen LogP contribution in [0.5, 0.6) is 0 Å². The van der Waals surface area contributed by atoms with Crippen LogP contribution in [0.15, 0.2) is 29.2 Å². The molecule has 160 valence electrons. The second kappa shape index (κ2) is 9.78. The lowest BCUT2D eigenvalue weighted by Crippen LogP contribution is -2.50. The first kappa shape index (κ1) is 21.9. The third-order valence-electron chi connectivity index (χ3n) is 5.64. The number of hydrogen-bond acceptors (Lipinski definition) is 3. The fourth-order valence-electron chi connectivity index (χ4n) is 4.13. The molecule has 0 aromatic carbocycles. The van der Waals surface area contributed by atoms with Crippen molar-refractivity contribution in [2.75, 3.05) is 6.54 Å². The van der Waals surface area contributed by atoms with Gasteiger partial charge in [-0.25, -0.2) is 0 Å². The maximum Gasteiger partial charge on any atom is 0.471 e. The lowest BCUT2D eigenvalue weighted by Gasteiger charge is -2.32. The highest BCUT2D eigenvalue weighted by Crippen LogP contribution is 2.32. The summed E-state index contributed by atoms with van der Waals surface area (Å²) in [6.45, 7) is -0.120. The van der Waals surface area contributed by atoms with Gasteiger partial charge in [-0.05, 0) is 56.4 Å². The van der Waals surface area contributed by atoms with E-state index < -0.39 is 24.0 Å². The predicted molar refractivity (Wildman–Crippen MR) is 106 cm³/mol. The zero-order chi connectivity index (χ0) is 20.9. The fourth-order valence-corrected chi connectivity index (χ4v) is 4.96. The summed E-state index contributed by atoms with van der Waals surface area (Å²) in [6, 6.07) is 2.03. The maximum atomic E-state index is 13.4. The number of allylic oxidation sites excluding steroid dienone is 1. The topological polar surface area (TPSA) is 49.4 Å². The molecule has 1 aromatic heterocycles. The van der Waals surface area contributed by atoms with Crippen molar-refractivity contribution in [3.05, 3.63) is 34.0 Å². The number of alkyl halides is 3. The molecule has 0 radical (unpaired) electrons. The van der Waals surface area contributed by atoms with Crippen LogP contribution >= 0.6 is 11.3 Å². The normalized spacial score (nSPS) is 18.9. The van der Waals surface area contributed by atoms with E-state index in [-0.39, 0.29) is 12.6 Å². The minimum absolute atomic E-state index is 0.0335. The van der Waals surface area contributed by atoms with Crippen LogP contribution in [0.1, 0.15) is 68.7 Å². The molecule has 2 aliphatic carbocycles. The minimum Gasteiger partial charge on any atom is -0.351 e. The third kappa shape index (κ3) is 5.84. The summed E-state index contributed by atoms with van der Waals surface area (Å²) in [4.78, 5) is 26.5. The van der Waals surface area contributed by atoms with Crippen molar-refractivity contribution in [2.24, 2.45) is 0 Å². The monoisotopic (exact) mass is 428 g/mol. The molecule has 4 nitrogen and oxygen atoms in total. The van der Waals surface area contributed by atoms with E-state index in [0.717, 1.165) is 61.8 Å². The lowest BCUT2D eigenvalue weighted by atomic mass is 9.97. The molecule has 0 unspecified atom stereocenters. The number of carbonyl (C=O) groups excluding carboxylic acids is 2. The van der Waals surface area contributed by atoms with Crippen LogP contribution < -0.4 is 5.32 Å². The third-order valence-corrected chi connectivity index (χ3v) is 6.56. The van der Waals surface area contributed by atoms with Gasteiger partial charge in [0.05, 0.1) is 0 Å². The van der Waals surface area contributed by atoms with Crippen molar-refractivity contribution >= 4 is 23.2 Å². The van der Waals surface area contributed by atoms with Crippen molar-refractivity contribution in [1.29, 1.82) is 0 Å². The Morgan fingerprint density at radius 1 is 1.21 bits per heavy atom. The zero-order valence-corrected chi connectivity index (χ0v) is 17.2. The molecule has 0 bridgehead atoms. The number of nitrogens with zero attached hydrogens (tertiary/aromatic N) is 1. The molecular weight excluding hydrogens is 401 g/mol. The van der Waals surface area contributed by atoms with Gasteiger partial charge in [0.15, 0.2) is 0 Å². The van der Waals surface area contributed by atoms with Gasteiger partial charge in [-0.3, -0.25) is 9.59 Å². The van der Waals surface area contributed by atoms with E-state index >= 15 is 0 Å². The Morgan fingerprint density at radius 3 is 2.55 bits per heavy atom. The molecule has 3 rings (SSSR count). The largest absolute Gasteiger partial charge is 0.471 e. The first-order valence-corrected chi connectivity index (χ1v) is 11.1. The Balaban J connectivity index is 1.85. The Labute approximate surface area is 173 Å². The molecule has 1 heterocycles. The van der Waals surface area contributed by atoms with Crippen molar-refractivity contribution in [1.82, 2.24) is 10.2 Å². The number of thiophene rings is 1. The molecule has 1 atom stereocenters.